The number of aryl methyl sites for hydroxylation is 1. The number of carbonyl (C=O) groups excluding carboxylic acids is 3. The maximum Gasteiger partial charge on any atom is 0.324 e. The summed E-state index contributed by atoms with van der Waals surface area (Å²) in [6, 6.07) is 7.27. The monoisotopic (exact) mass is 585 g/mol. The molecule has 3 amide bonds. The zero-order chi connectivity index (χ0) is 30.9. The van der Waals surface area contributed by atoms with Gasteiger partial charge in [0, 0.05) is 18.9 Å². The zero-order valence-corrected chi connectivity index (χ0v) is 25.8. The molecule has 0 bridgehead atoms. The van der Waals surface area contributed by atoms with Crippen LogP contribution in [0.2, 0.25) is 0 Å². The van der Waals surface area contributed by atoms with Gasteiger partial charge in [0.05, 0.1) is 13.1 Å². The number of hydrogen-bond acceptors (Lipinski definition) is 9. The summed E-state index contributed by atoms with van der Waals surface area (Å²) in [5, 5.41) is 11.6. The standard InChI is InChI=1S/C30H47N7O5/c1-7-8-9-10-24(38)31-15-17-41-29-35-28(36-30(37-29)42-18-16-32-26(39)21(4)5)34-25(20(2)3)27(40)33-19-23-13-11-22(6)12-14-23/h11-14,20-21,25H,7-10,15-19H2,1-6H3,(H,31,38)(H,32,39)(H,33,40)(H,34,35,36,37)/t25-/m0/s1. The number of ether oxygens (including phenoxy) is 2. The summed E-state index contributed by atoms with van der Waals surface area (Å²) >= 11 is 0. The number of aromatic nitrogens is 3. The van der Waals surface area contributed by atoms with Crippen LogP contribution in [-0.4, -0.2) is 65.0 Å². The predicted molar refractivity (Wildman–Crippen MR) is 161 cm³/mol. The van der Waals surface area contributed by atoms with Crippen molar-refractivity contribution >= 4 is 23.7 Å². The van der Waals surface area contributed by atoms with Crippen molar-refractivity contribution in [1.82, 2.24) is 30.9 Å². The highest BCUT2D eigenvalue weighted by Gasteiger charge is 2.24. The van der Waals surface area contributed by atoms with Crippen molar-refractivity contribution in [3.63, 3.8) is 0 Å². The van der Waals surface area contributed by atoms with Crippen LogP contribution < -0.4 is 30.7 Å². The summed E-state index contributed by atoms with van der Waals surface area (Å²) in [6.07, 6.45) is 3.38. The van der Waals surface area contributed by atoms with E-state index < -0.39 is 6.04 Å². The van der Waals surface area contributed by atoms with Crippen molar-refractivity contribution in [2.24, 2.45) is 11.8 Å². The van der Waals surface area contributed by atoms with E-state index in [1.54, 1.807) is 13.8 Å². The highest BCUT2D eigenvalue weighted by atomic mass is 16.5. The number of rotatable bonds is 19. The number of benzene rings is 1. The van der Waals surface area contributed by atoms with Gasteiger partial charge in [-0.25, -0.2) is 0 Å². The molecule has 0 saturated heterocycles. The van der Waals surface area contributed by atoms with E-state index in [0.717, 1.165) is 30.4 Å². The first-order valence-electron chi connectivity index (χ1n) is 14.7. The van der Waals surface area contributed by atoms with E-state index in [9.17, 15) is 14.4 Å². The van der Waals surface area contributed by atoms with Gasteiger partial charge in [0.15, 0.2) is 0 Å². The minimum absolute atomic E-state index is 0.0171. The Labute approximate surface area is 249 Å². The van der Waals surface area contributed by atoms with Gasteiger partial charge < -0.3 is 30.7 Å². The van der Waals surface area contributed by atoms with Crippen molar-refractivity contribution < 1.29 is 23.9 Å². The second-order valence-electron chi connectivity index (χ2n) is 10.7. The Morgan fingerprint density at radius 3 is 2.00 bits per heavy atom. The third-order valence-electron chi connectivity index (χ3n) is 6.24. The van der Waals surface area contributed by atoms with Gasteiger partial charge in [-0.1, -0.05) is 77.3 Å². The zero-order valence-electron chi connectivity index (χ0n) is 25.8. The maximum absolute atomic E-state index is 13.1. The number of nitrogens with one attached hydrogen (secondary N) is 4. The van der Waals surface area contributed by atoms with Crippen LogP contribution >= 0.6 is 0 Å². The molecule has 12 heteroatoms. The Bertz CT molecular complexity index is 1130. The van der Waals surface area contributed by atoms with Gasteiger partial charge in [-0.15, -0.1) is 4.98 Å². The average molecular weight is 586 g/mol. The third kappa shape index (κ3) is 13.1. The Morgan fingerprint density at radius 1 is 0.810 bits per heavy atom. The van der Waals surface area contributed by atoms with Crippen molar-refractivity contribution in [1.29, 1.82) is 0 Å². The fourth-order valence-electron chi connectivity index (χ4n) is 3.69. The highest BCUT2D eigenvalue weighted by molar-refractivity contribution is 5.84. The van der Waals surface area contributed by atoms with Gasteiger partial charge in [0.2, 0.25) is 23.7 Å². The Balaban J connectivity index is 2.07. The fraction of sp³-hybridized carbons (Fsp3) is 0.600. The molecule has 0 saturated carbocycles. The minimum Gasteiger partial charge on any atom is -0.461 e. The number of unbranched alkanes of at least 4 members (excludes halogenated alkanes) is 2. The van der Waals surface area contributed by atoms with Crippen LogP contribution in [0.25, 0.3) is 0 Å². The lowest BCUT2D eigenvalue weighted by molar-refractivity contribution is -0.124. The van der Waals surface area contributed by atoms with Crippen molar-refractivity contribution in [3.8, 4) is 12.0 Å². The number of anilines is 1. The lowest BCUT2D eigenvalue weighted by Crippen LogP contribution is -2.43. The number of carbonyl (C=O) groups is 3. The lowest BCUT2D eigenvalue weighted by atomic mass is 10.0. The molecule has 0 spiro atoms. The molecule has 1 atom stereocenters. The molecule has 1 heterocycles. The minimum atomic E-state index is -0.647. The van der Waals surface area contributed by atoms with Gasteiger partial charge in [0.25, 0.3) is 0 Å². The first-order valence-corrected chi connectivity index (χ1v) is 14.7. The molecule has 0 aliphatic rings. The van der Waals surface area contributed by atoms with E-state index in [1.165, 1.54) is 0 Å². The molecular weight excluding hydrogens is 538 g/mol. The smallest absolute Gasteiger partial charge is 0.324 e. The van der Waals surface area contributed by atoms with E-state index in [2.05, 4.69) is 43.1 Å². The summed E-state index contributed by atoms with van der Waals surface area (Å²) in [7, 11) is 0. The van der Waals surface area contributed by atoms with Gasteiger partial charge in [-0.3, -0.25) is 14.4 Å². The predicted octanol–water partition coefficient (Wildman–Crippen LogP) is 3.16. The Morgan fingerprint density at radius 2 is 1.43 bits per heavy atom. The van der Waals surface area contributed by atoms with Crippen LogP contribution in [0.1, 0.15) is 71.4 Å². The molecule has 0 fully saturated rings. The second kappa shape index (κ2) is 18.5. The normalized spacial score (nSPS) is 11.6. The Kier molecular flexibility index (Phi) is 15.1. The molecule has 0 unspecified atom stereocenters. The second-order valence-corrected chi connectivity index (χ2v) is 10.7. The van der Waals surface area contributed by atoms with Gasteiger partial charge in [0.1, 0.15) is 19.3 Å². The van der Waals surface area contributed by atoms with Crippen LogP contribution in [0.15, 0.2) is 24.3 Å². The van der Waals surface area contributed by atoms with E-state index in [1.807, 2.05) is 45.0 Å². The summed E-state index contributed by atoms with van der Waals surface area (Å²) in [5.74, 6) is -0.465. The van der Waals surface area contributed by atoms with Crippen molar-refractivity contribution in [2.45, 2.75) is 79.8 Å². The molecule has 42 heavy (non-hydrogen) atoms. The molecule has 2 aromatic rings. The van der Waals surface area contributed by atoms with E-state index in [0.29, 0.717) is 13.0 Å². The first-order chi connectivity index (χ1) is 20.1. The average Bonchev–Trinajstić information content (AvgIpc) is 2.95. The third-order valence-corrected chi connectivity index (χ3v) is 6.24. The van der Waals surface area contributed by atoms with Crippen LogP contribution in [0, 0.1) is 18.8 Å². The van der Waals surface area contributed by atoms with Gasteiger partial charge >= 0.3 is 12.0 Å². The fourth-order valence-corrected chi connectivity index (χ4v) is 3.69. The molecular formula is C30H47N7O5. The molecule has 2 rings (SSSR count). The number of nitrogens with zero attached hydrogens (tertiary/aromatic N) is 3. The largest absolute Gasteiger partial charge is 0.461 e. The quantitative estimate of drug-likeness (QED) is 0.182. The van der Waals surface area contributed by atoms with E-state index >= 15 is 0 Å². The van der Waals surface area contributed by atoms with Crippen LogP contribution in [0.3, 0.4) is 0 Å². The molecule has 1 aromatic heterocycles. The van der Waals surface area contributed by atoms with E-state index in [-0.39, 0.29) is 73.8 Å². The topological polar surface area (TPSA) is 156 Å². The van der Waals surface area contributed by atoms with Gasteiger partial charge in [-0.05, 0) is 24.8 Å². The molecule has 232 valence electrons. The molecule has 12 nitrogen and oxygen atoms in total. The SMILES string of the molecule is CCCCCC(=O)NCCOc1nc(N[C@H](C(=O)NCc2ccc(C)cc2)C(C)C)nc(OCCNC(=O)C(C)C)n1. The van der Waals surface area contributed by atoms with Crippen LogP contribution in [0.5, 0.6) is 12.0 Å². The van der Waals surface area contributed by atoms with Crippen LogP contribution in [-0.2, 0) is 20.9 Å². The number of amides is 3. The first kappa shape index (κ1) is 34.2. The summed E-state index contributed by atoms with van der Waals surface area (Å²) in [6.45, 7) is 12.7. The highest BCUT2D eigenvalue weighted by Crippen LogP contribution is 2.16. The van der Waals surface area contributed by atoms with Gasteiger partial charge in [-0.2, -0.15) is 9.97 Å². The number of hydrogen-bond donors (Lipinski definition) is 4. The molecule has 0 radical (unpaired) electrons. The van der Waals surface area contributed by atoms with Crippen molar-refractivity contribution in [2.75, 3.05) is 31.6 Å². The molecule has 4 N–H and O–H groups in total. The summed E-state index contributed by atoms with van der Waals surface area (Å²) in [4.78, 5) is 49.8. The Hall–Kier alpha value is -3.96. The lowest BCUT2D eigenvalue weighted by Gasteiger charge is -2.22. The molecule has 0 aliphatic carbocycles. The summed E-state index contributed by atoms with van der Waals surface area (Å²) in [5.41, 5.74) is 2.14. The summed E-state index contributed by atoms with van der Waals surface area (Å²) < 4.78 is 11.4. The molecule has 0 aliphatic heterocycles. The van der Waals surface area contributed by atoms with E-state index in [4.69, 9.17) is 9.47 Å². The van der Waals surface area contributed by atoms with Crippen molar-refractivity contribution in [3.05, 3.63) is 35.4 Å². The van der Waals surface area contributed by atoms with Crippen LogP contribution in [0.4, 0.5) is 5.95 Å². The molecule has 1 aromatic carbocycles. The maximum atomic E-state index is 13.1.